The molecule has 0 amide bonds. The van der Waals surface area contributed by atoms with Crippen LogP contribution in [0, 0.1) is 0 Å². The molecule has 3 N–H and O–H groups in total. The van der Waals surface area contributed by atoms with E-state index in [0.29, 0.717) is 0 Å². The third-order valence-corrected chi connectivity index (χ3v) is 5.99. The van der Waals surface area contributed by atoms with Gasteiger partial charge in [0.1, 0.15) is 23.5 Å². The molecule has 1 atom stereocenters. The lowest BCUT2D eigenvalue weighted by Gasteiger charge is -2.37. The number of halogens is 3. The number of nitrogen functional groups attached to an aromatic ring is 1. The number of aryl methyl sites for hydroxylation is 1. The van der Waals surface area contributed by atoms with E-state index in [9.17, 15) is 13.2 Å². The number of aromatic nitrogens is 3. The Morgan fingerprint density at radius 3 is 2.47 bits per heavy atom. The molecule has 1 aliphatic heterocycles. The van der Waals surface area contributed by atoms with E-state index < -0.39 is 11.9 Å². The number of piperidine rings is 1. The van der Waals surface area contributed by atoms with Gasteiger partial charge in [-0.15, -0.1) is 0 Å². The summed E-state index contributed by atoms with van der Waals surface area (Å²) in [5.74, 6) is 0.0294. The van der Waals surface area contributed by atoms with Crippen LogP contribution in [0.25, 0.3) is 11.0 Å². The number of H-pyrrole nitrogens is 1. The van der Waals surface area contributed by atoms with Crippen molar-refractivity contribution < 1.29 is 13.2 Å². The van der Waals surface area contributed by atoms with Crippen molar-refractivity contribution in [2.45, 2.75) is 50.7 Å². The third kappa shape index (κ3) is 4.59. The highest BCUT2D eigenvalue weighted by atomic mass is 19.4. The molecule has 30 heavy (non-hydrogen) atoms. The minimum absolute atomic E-state index is 0.0294. The third-order valence-electron chi connectivity index (χ3n) is 5.99. The van der Waals surface area contributed by atoms with Crippen molar-refractivity contribution in [3.63, 3.8) is 0 Å². The molecule has 2 aliphatic rings. The Kier molecular flexibility index (Phi) is 5.94. The van der Waals surface area contributed by atoms with E-state index in [1.54, 1.807) is 11.1 Å². The van der Waals surface area contributed by atoms with Crippen molar-refractivity contribution in [2.75, 3.05) is 18.8 Å². The molecular weight excluding hydrogens is 391 g/mol. The predicted molar refractivity (Wildman–Crippen MR) is 111 cm³/mol. The Labute approximate surface area is 173 Å². The lowest BCUT2D eigenvalue weighted by Crippen LogP contribution is -2.42. The summed E-state index contributed by atoms with van der Waals surface area (Å²) in [5, 5.41) is 0.180. The van der Waals surface area contributed by atoms with Crippen LogP contribution in [0.3, 0.4) is 0 Å². The molecule has 3 aromatic rings. The van der Waals surface area contributed by atoms with E-state index in [0.717, 1.165) is 18.4 Å². The van der Waals surface area contributed by atoms with Crippen molar-refractivity contribution in [3.8, 4) is 0 Å². The minimum Gasteiger partial charge on any atom is -0.383 e. The first-order valence-corrected chi connectivity index (χ1v) is 10.4. The average Bonchev–Trinajstić information content (AvgIpc) is 3.21. The standard InChI is InChI=1S/C15H21N.C7H5F3N4/c1-4-10-16(11-5-1)15-9-8-13-6-2-3-7-14(13)12-15;8-7(9,10)4-1-3-5(11)12-2-13-6(3)14-4/h2-3,6-7,15H,1,4-5,8-12H2;1-2H,(H3,11,12,13,14). The predicted octanol–water partition coefficient (Wildman–Crippen LogP) is 4.59. The van der Waals surface area contributed by atoms with Gasteiger partial charge in [-0.3, -0.25) is 0 Å². The number of hydrogen-bond donors (Lipinski definition) is 2. The van der Waals surface area contributed by atoms with E-state index in [1.807, 2.05) is 0 Å². The van der Waals surface area contributed by atoms with Gasteiger partial charge in [0.15, 0.2) is 0 Å². The van der Waals surface area contributed by atoms with Gasteiger partial charge in [0, 0.05) is 6.04 Å². The molecular formula is C22H26F3N5. The largest absolute Gasteiger partial charge is 0.431 e. The van der Waals surface area contributed by atoms with Crippen LogP contribution < -0.4 is 5.73 Å². The molecule has 0 bridgehead atoms. The van der Waals surface area contributed by atoms with Crippen molar-refractivity contribution in [2.24, 2.45) is 0 Å². The van der Waals surface area contributed by atoms with Gasteiger partial charge in [0.05, 0.1) is 5.39 Å². The Morgan fingerprint density at radius 1 is 1.03 bits per heavy atom. The second-order valence-corrected chi connectivity index (χ2v) is 7.96. The number of likely N-dealkylation sites (tertiary alicyclic amines) is 1. The maximum absolute atomic E-state index is 12.2. The molecule has 1 aromatic carbocycles. The van der Waals surface area contributed by atoms with Gasteiger partial charge >= 0.3 is 6.18 Å². The maximum Gasteiger partial charge on any atom is 0.431 e. The number of anilines is 1. The van der Waals surface area contributed by atoms with Gasteiger partial charge in [-0.1, -0.05) is 30.7 Å². The number of aromatic amines is 1. The summed E-state index contributed by atoms with van der Waals surface area (Å²) in [4.78, 5) is 12.1. The number of nitrogens with two attached hydrogens (primary N) is 1. The van der Waals surface area contributed by atoms with Crippen LogP contribution in [0.4, 0.5) is 19.0 Å². The van der Waals surface area contributed by atoms with Crippen LogP contribution in [0.2, 0.25) is 0 Å². The van der Waals surface area contributed by atoms with E-state index in [1.165, 1.54) is 51.6 Å². The zero-order chi connectivity index (χ0) is 21.1. The molecule has 1 fully saturated rings. The normalized spacial score (nSPS) is 19.8. The summed E-state index contributed by atoms with van der Waals surface area (Å²) in [6.07, 6.45) is 4.90. The Balaban J connectivity index is 0.000000147. The second-order valence-electron chi connectivity index (χ2n) is 7.96. The number of hydrogen-bond acceptors (Lipinski definition) is 4. The lowest BCUT2D eigenvalue weighted by atomic mass is 9.87. The molecule has 1 aliphatic carbocycles. The van der Waals surface area contributed by atoms with Crippen LogP contribution >= 0.6 is 0 Å². The van der Waals surface area contributed by atoms with Crippen LogP contribution in [-0.2, 0) is 19.0 Å². The van der Waals surface area contributed by atoms with E-state index in [4.69, 9.17) is 5.73 Å². The summed E-state index contributed by atoms with van der Waals surface area (Å²) in [7, 11) is 0. The monoisotopic (exact) mass is 417 g/mol. The smallest absolute Gasteiger partial charge is 0.383 e. The molecule has 0 spiro atoms. The molecule has 1 unspecified atom stereocenters. The molecule has 1 saturated heterocycles. The fraction of sp³-hybridized carbons (Fsp3) is 0.455. The SMILES string of the molecule is Nc1ncnc2[nH]c(C(F)(F)F)cc12.c1ccc2c(c1)CCC(N1CCCCC1)C2. The van der Waals surface area contributed by atoms with Gasteiger partial charge in [0.2, 0.25) is 0 Å². The summed E-state index contributed by atoms with van der Waals surface area (Å²) in [5.41, 5.74) is 7.78. The molecule has 0 saturated carbocycles. The van der Waals surface area contributed by atoms with Gasteiger partial charge in [-0.05, 0) is 62.4 Å². The van der Waals surface area contributed by atoms with Crippen LogP contribution in [0.1, 0.15) is 42.5 Å². The molecule has 2 aromatic heterocycles. The van der Waals surface area contributed by atoms with Crippen LogP contribution in [0.5, 0.6) is 0 Å². The summed E-state index contributed by atoms with van der Waals surface area (Å²) in [6, 6.07) is 10.7. The number of fused-ring (bicyclic) bond motifs is 2. The van der Waals surface area contributed by atoms with E-state index >= 15 is 0 Å². The lowest BCUT2D eigenvalue weighted by molar-refractivity contribution is -0.140. The molecule has 5 rings (SSSR count). The zero-order valence-electron chi connectivity index (χ0n) is 16.8. The van der Waals surface area contributed by atoms with Crippen molar-refractivity contribution in [1.29, 1.82) is 0 Å². The van der Waals surface area contributed by atoms with Crippen LogP contribution in [0.15, 0.2) is 36.7 Å². The number of nitrogens with one attached hydrogen (secondary N) is 1. The first-order chi connectivity index (χ1) is 14.4. The maximum atomic E-state index is 12.2. The average molecular weight is 417 g/mol. The highest BCUT2D eigenvalue weighted by Gasteiger charge is 2.33. The second kappa shape index (κ2) is 8.63. The summed E-state index contributed by atoms with van der Waals surface area (Å²) < 4.78 is 36.7. The van der Waals surface area contributed by atoms with Gasteiger partial charge < -0.3 is 15.6 Å². The topological polar surface area (TPSA) is 70.8 Å². The zero-order valence-corrected chi connectivity index (χ0v) is 16.8. The van der Waals surface area contributed by atoms with Gasteiger partial charge in [-0.25, -0.2) is 9.97 Å². The van der Waals surface area contributed by atoms with E-state index in [2.05, 4.69) is 44.1 Å². The highest BCUT2D eigenvalue weighted by molar-refractivity contribution is 5.86. The van der Waals surface area contributed by atoms with Crippen LogP contribution in [-0.4, -0.2) is 39.0 Å². The van der Waals surface area contributed by atoms with Gasteiger partial charge in [-0.2, -0.15) is 13.2 Å². The molecule has 0 radical (unpaired) electrons. The number of benzene rings is 1. The molecule has 160 valence electrons. The molecule has 5 nitrogen and oxygen atoms in total. The molecule has 3 heterocycles. The Hall–Kier alpha value is -2.61. The Bertz CT molecular complexity index is 992. The fourth-order valence-electron chi connectivity index (χ4n) is 4.39. The van der Waals surface area contributed by atoms with Crippen molar-refractivity contribution >= 4 is 16.9 Å². The number of rotatable bonds is 1. The number of alkyl halides is 3. The van der Waals surface area contributed by atoms with Crippen molar-refractivity contribution in [3.05, 3.63) is 53.5 Å². The van der Waals surface area contributed by atoms with E-state index in [-0.39, 0.29) is 16.9 Å². The number of nitrogens with zero attached hydrogens (tertiary/aromatic N) is 3. The molecule has 8 heteroatoms. The highest BCUT2D eigenvalue weighted by Crippen LogP contribution is 2.31. The fourth-order valence-corrected chi connectivity index (χ4v) is 4.39. The quantitative estimate of drug-likeness (QED) is 0.608. The first kappa shape index (κ1) is 20.7. The minimum atomic E-state index is -4.42. The first-order valence-electron chi connectivity index (χ1n) is 10.4. The Morgan fingerprint density at radius 2 is 1.77 bits per heavy atom. The van der Waals surface area contributed by atoms with Gasteiger partial charge in [0.25, 0.3) is 0 Å². The summed E-state index contributed by atoms with van der Waals surface area (Å²) >= 11 is 0. The summed E-state index contributed by atoms with van der Waals surface area (Å²) in [6.45, 7) is 2.68. The van der Waals surface area contributed by atoms with Crippen molar-refractivity contribution in [1.82, 2.24) is 19.9 Å².